The van der Waals surface area contributed by atoms with Gasteiger partial charge in [-0.25, -0.2) is 0 Å². The van der Waals surface area contributed by atoms with E-state index in [-0.39, 0.29) is 35.8 Å². The lowest BCUT2D eigenvalue weighted by Gasteiger charge is -2.06. The van der Waals surface area contributed by atoms with E-state index in [1.54, 1.807) is 0 Å². The van der Waals surface area contributed by atoms with E-state index in [1.165, 1.54) is 18.6 Å². The SMILES string of the molecule is CCC.OCc1cc(O)cc(CO)c1O. The quantitative estimate of drug-likeness (QED) is 0.562. The van der Waals surface area contributed by atoms with Crippen LogP contribution in [0.2, 0.25) is 0 Å². The summed E-state index contributed by atoms with van der Waals surface area (Å²) >= 11 is 0. The van der Waals surface area contributed by atoms with Crippen molar-refractivity contribution in [1.82, 2.24) is 0 Å². The van der Waals surface area contributed by atoms with Gasteiger partial charge in [0, 0.05) is 11.1 Å². The molecule has 0 saturated carbocycles. The first-order chi connectivity index (χ1) is 7.10. The molecule has 0 unspecified atom stereocenters. The number of phenolic OH excluding ortho intramolecular Hbond substituents is 1. The van der Waals surface area contributed by atoms with Crippen molar-refractivity contribution in [2.75, 3.05) is 0 Å². The number of hydrogen-bond donors (Lipinski definition) is 4. The van der Waals surface area contributed by atoms with Crippen LogP contribution >= 0.6 is 0 Å². The zero-order valence-corrected chi connectivity index (χ0v) is 9.06. The summed E-state index contributed by atoms with van der Waals surface area (Å²) in [6.45, 7) is 3.51. The Morgan fingerprint density at radius 2 is 1.27 bits per heavy atom. The number of aromatic hydroxyl groups is 2. The summed E-state index contributed by atoms with van der Waals surface area (Å²) in [4.78, 5) is 0. The van der Waals surface area contributed by atoms with Crippen LogP contribution in [0.15, 0.2) is 12.1 Å². The average molecular weight is 214 g/mol. The van der Waals surface area contributed by atoms with Gasteiger partial charge < -0.3 is 20.4 Å². The van der Waals surface area contributed by atoms with E-state index in [9.17, 15) is 5.11 Å². The molecule has 0 aliphatic carbocycles. The molecule has 15 heavy (non-hydrogen) atoms. The van der Waals surface area contributed by atoms with Crippen molar-refractivity contribution < 1.29 is 20.4 Å². The van der Waals surface area contributed by atoms with Crippen LogP contribution in [0.5, 0.6) is 11.5 Å². The van der Waals surface area contributed by atoms with Gasteiger partial charge in [0.25, 0.3) is 0 Å². The third-order valence-electron chi connectivity index (χ3n) is 1.59. The summed E-state index contributed by atoms with van der Waals surface area (Å²) in [5.41, 5.74) is 0.415. The molecule has 0 aliphatic heterocycles. The Kier molecular flexibility index (Phi) is 6.49. The van der Waals surface area contributed by atoms with Crippen LogP contribution < -0.4 is 0 Å². The van der Waals surface area contributed by atoms with Gasteiger partial charge in [0.1, 0.15) is 11.5 Å². The summed E-state index contributed by atoms with van der Waals surface area (Å²) in [5.74, 6) is -0.251. The van der Waals surface area contributed by atoms with Crippen molar-refractivity contribution >= 4 is 0 Å². The molecule has 86 valence electrons. The van der Waals surface area contributed by atoms with E-state index >= 15 is 0 Å². The number of benzene rings is 1. The largest absolute Gasteiger partial charge is 0.508 e. The van der Waals surface area contributed by atoms with E-state index in [2.05, 4.69) is 13.8 Å². The molecule has 0 radical (unpaired) electrons. The normalized spacial score (nSPS) is 9.33. The highest BCUT2D eigenvalue weighted by molar-refractivity contribution is 5.45. The molecular formula is C11H18O4. The second-order valence-electron chi connectivity index (χ2n) is 3.14. The molecule has 0 spiro atoms. The molecule has 0 aromatic heterocycles. The molecule has 0 amide bonds. The molecule has 0 bridgehead atoms. The first-order valence-electron chi connectivity index (χ1n) is 4.86. The van der Waals surface area contributed by atoms with Gasteiger partial charge in [-0.05, 0) is 12.1 Å². The summed E-state index contributed by atoms with van der Waals surface area (Å²) in [5, 5.41) is 35.7. The molecule has 1 aromatic carbocycles. The third-order valence-corrected chi connectivity index (χ3v) is 1.59. The van der Waals surface area contributed by atoms with E-state index in [1.807, 2.05) is 0 Å². The van der Waals surface area contributed by atoms with Crippen molar-refractivity contribution in [3.63, 3.8) is 0 Å². The van der Waals surface area contributed by atoms with Crippen molar-refractivity contribution in [3.8, 4) is 11.5 Å². The zero-order valence-electron chi connectivity index (χ0n) is 9.06. The van der Waals surface area contributed by atoms with Gasteiger partial charge in [0.2, 0.25) is 0 Å². The van der Waals surface area contributed by atoms with Crippen LogP contribution in [-0.2, 0) is 13.2 Å². The first kappa shape index (κ1) is 13.7. The molecule has 4 N–H and O–H groups in total. The average Bonchev–Trinajstić information content (AvgIpc) is 2.22. The number of rotatable bonds is 2. The standard InChI is InChI=1S/C8H10O4.C3H8/c9-3-5-1-7(11)2-6(4-10)8(5)12;1-3-2/h1-2,9-12H,3-4H2;3H2,1-2H3. The highest BCUT2D eigenvalue weighted by atomic mass is 16.3. The van der Waals surface area contributed by atoms with Gasteiger partial charge in [0.15, 0.2) is 0 Å². The Labute approximate surface area is 89.4 Å². The Bertz CT molecular complexity index is 272. The minimum atomic E-state index is -0.368. The van der Waals surface area contributed by atoms with Crippen molar-refractivity contribution in [1.29, 1.82) is 0 Å². The fourth-order valence-electron chi connectivity index (χ4n) is 0.983. The summed E-state index contributed by atoms with van der Waals surface area (Å²) < 4.78 is 0. The number of phenols is 2. The molecule has 0 atom stereocenters. The van der Waals surface area contributed by atoms with Crippen LogP contribution in [0.3, 0.4) is 0 Å². The summed E-state index contributed by atoms with van der Waals surface area (Å²) in [6, 6.07) is 2.49. The van der Waals surface area contributed by atoms with Crippen LogP contribution in [0.25, 0.3) is 0 Å². The molecule has 0 aliphatic rings. The van der Waals surface area contributed by atoms with E-state index in [0.29, 0.717) is 0 Å². The maximum atomic E-state index is 9.28. The maximum Gasteiger partial charge on any atom is 0.126 e. The summed E-state index contributed by atoms with van der Waals surface area (Å²) in [6.07, 6.45) is 1.25. The van der Waals surface area contributed by atoms with E-state index in [0.717, 1.165) is 0 Å². The fraction of sp³-hybridized carbons (Fsp3) is 0.455. The second kappa shape index (κ2) is 7.09. The van der Waals surface area contributed by atoms with Crippen LogP contribution in [-0.4, -0.2) is 20.4 Å². The Morgan fingerprint density at radius 3 is 1.53 bits per heavy atom. The predicted molar refractivity (Wildman–Crippen MR) is 57.6 cm³/mol. The van der Waals surface area contributed by atoms with Gasteiger partial charge in [0.05, 0.1) is 13.2 Å². The maximum absolute atomic E-state index is 9.28. The van der Waals surface area contributed by atoms with Crippen LogP contribution in [0.1, 0.15) is 31.4 Å². The molecule has 0 saturated heterocycles. The summed E-state index contributed by atoms with van der Waals surface area (Å²) in [7, 11) is 0. The third kappa shape index (κ3) is 4.18. The van der Waals surface area contributed by atoms with E-state index in [4.69, 9.17) is 15.3 Å². The smallest absolute Gasteiger partial charge is 0.126 e. The van der Waals surface area contributed by atoms with Crippen molar-refractivity contribution in [3.05, 3.63) is 23.3 Å². The lowest BCUT2D eigenvalue weighted by atomic mass is 10.1. The molecular weight excluding hydrogens is 196 g/mol. The van der Waals surface area contributed by atoms with Crippen LogP contribution in [0.4, 0.5) is 0 Å². The molecule has 0 fully saturated rings. The molecule has 4 heteroatoms. The van der Waals surface area contributed by atoms with E-state index < -0.39 is 0 Å². The number of aliphatic hydroxyl groups is 2. The minimum Gasteiger partial charge on any atom is -0.508 e. The second-order valence-corrected chi connectivity index (χ2v) is 3.14. The monoisotopic (exact) mass is 214 g/mol. The predicted octanol–water partition coefficient (Wildman–Crippen LogP) is 1.50. The Hall–Kier alpha value is -1.26. The van der Waals surface area contributed by atoms with Gasteiger partial charge in [-0.2, -0.15) is 0 Å². The Balaban J connectivity index is 0.000000583. The zero-order chi connectivity index (χ0) is 11.8. The number of aliphatic hydroxyl groups excluding tert-OH is 2. The van der Waals surface area contributed by atoms with Gasteiger partial charge in [-0.15, -0.1) is 0 Å². The Morgan fingerprint density at radius 1 is 0.933 bits per heavy atom. The van der Waals surface area contributed by atoms with Gasteiger partial charge in [-0.3, -0.25) is 0 Å². The van der Waals surface area contributed by atoms with Gasteiger partial charge >= 0.3 is 0 Å². The van der Waals surface area contributed by atoms with Crippen LogP contribution in [0, 0.1) is 0 Å². The highest BCUT2D eigenvalue weighted by Crippen LogP contribution is 2.27. The first-order valence-corrected chi connectivity index (χ1v) is 4.86. The lowest BCUT2D eigenvalue weighted by molar-refractivity contribution is 0.262. The molecule has 1 aromatic rings. The fourth-order valence-corrected chi connectivity index (χ4v) is 0.983. The molecule has 4 nitrogen and oxygen atoms in total. The van der Waals surface area contributed by atoms with Crippen molar-refractivity contribution in [2.24, 2.45) is 0 Å². The molecule has 0 heterocycles. The van der Waals surface area contributed by atoms with Crippen molar-refractivity contribution in [2.45, 2.75) is 33.5 Å². The minimum absolute atomic E-state index is 0.0825. The topological polar surface area (TPSA) is 80.9 Å². The highest BCUT2D eigenvalue weighted by Gasteiger charge is 2.07. The molecule has 1 rings (SSSR count). The number of hydrogen-bond acceptors (Lipinski definition) is 4. The lowest BCUT2D eigenvalue weighted by Crippen LogP contribution is -1.90. The van der Waals surface area contributed by atoms with Gasteiger partial charge in [-0.1, -0.05) is 20.3 Å².